The number of nitrogens with one attached hydrogen (secondary N) is 1. The summed E-state index contributed by atoms with van der Waals surface area (Å²) in [5.41, 5.74) is 3.51. The molecule has 0 radical (unpaired) electrons. The van der Waals surface area contributed by atoms with Gasteiger partial charge in [0.25, 0.3) is 0 Å². The minimum atomic E-state index is -0.390. The summed E-state index contributed by atoms with van der Waals surface area (Å²) < 4.78 is 3.50. The SMILES string of the molecule is CCc1c(C)nn(CCNC(=O)[C@@H](C)n2cc(Cl)cn2)c1C. The Balaban J connectivity index is 1.89. The van der Waals surface area contributed by atoms with Crippen molar-refractivity contribution in [2.45, 2.75) is 46.7 Å². The summed E-state index contributed by atoms with van der Waals surface area (Å²) in [4.78, 5) is 12.1. The molecule has 6 nitrogen and oxygen atoms in total. The van der Waals surface area contributed by atoms with Gasteiger partial charge in [0.2, 0.25) is 5.91 Å². The maximum absolute atomic E-state index is 12.1. The first-order valence-corrected chi connectivity index (χ1v) is 7.82. The molecule has 0 aliphatic rings. The first kappa shape index (κ1) is 16.5. The van der Waals surface area contributed by atoms with Crippen molar-refractivity contribution in [3.05, 3.63) is 34.4 Å². The van der Waals surface area contributed by atoms with Gasteiger partial charge >= 0.3 is 0 Å². The van der Waals surface area contributed by atoms with E-state index in [0.29, 0.717) is 18.1 Å². The predicted octanol–water partition coefficient (Wildman–Crippen LogP) is 2.29. The zero-order valence-electron chi connectivity index (χ0n) is 13.4. The van der Waals surface area contributed by atoms with Gasteiger partial charge in [-0.2, -0.15) is 10.2 Å². The molecule has 0 saturated heterocycles. The van der Waals surface area contributed by atoms with Gasteiger partial charge in [0.1, 0.15) is 6.04 Å². The largest absolute Gasteiger partial charge is 0.352 e. The fraction of sp³-hybridized carbons (Fsp3) is 0.533. The topological polar surface area (TPSA) is 64.7 Å². The van der Waals surface area contributed by atoms with Crippen LogP contribution in [0.5, 0.6) is 0 Å². The minimum absolute atomic E-state index is 0.0861. The van der Waals surface area contributed by atoms with Gasteiger partial charge in [-0.05, 0) is 32.8 Å². The number of carbonyl (C=O) groups excluding carboxylic acids is 1. The lowest BCUT2D eigenvalue weighted by Crippen LogP contribution is -2.33. The maximum Gasteiger partial charge on any atom is 0.244 e. The first-order chi connectivity index (χ1) is 10.4. The lowest BCUT2D eigenvalue weighted by Gasteiger charge is -2.13. The van der Waals surface area contributed by atoms with Crippen LogP contribution < -0.4 is 5.32 Å². The lowest BCUT2D eigenvalue weighted by molar-refractivity contribution is -0.124. The molecule has 7 heteroatoms. The summed E-state index contributed by atoms with van der Waals surface area (Å²) in [5, 5.41) is 12.0. The Morgan fingerprint density at radius 3 is 2.73 bits per heavy atom. The molecule has 0 aliphatic heterocycles. The average Bonchev–Trinajstić information content (AvgIpc) is 3.02. The highest BCUT2D eigenvalue weighted by molar-refractivity contribution is 6.30. The third kappa shape index (κ3) is 3.50. The number of carbonyl (C=O) groups is 1. The molecule has 0 aliphatic carbocycles. The van der Waals surface area contributed by atoms with Crippen LogP contribution in [0, 0.1) is 13.8 Å². The van der Waals surface area contributed by atoms with E-state index in [0.717, 1.165) is 12.1 Å². The molecule has 2 aromatic rings. The molecule has 0 spiro atoms. The summed E-state index contributed by atoms with van der Waals surface area (Å²) >= 11 is 5.82. The summed E-state index contributed by atoms with van der Waals surface area (Å²) in [6.07, 6.45) is 4.13. The maximum atomic E-state index is 12.1. The van der Waals surface area contributed by atoms with Crippen molar-refractivity contribution >= 4 is 17.5 Å². The van der Waals surface area contributed by atoms with E-state index in [2.05, 4.69) is 29.4 Å². The normalized spacial score (nSPS) is 12.4. The van der Waals surface area contributed by atoms with Crippen LogP contribution >= 0.6 is 11.6 Å². The van der Waals surface area contributed by atoms with Gasteiger partial charge in [-0.25, -0.2) is 0 Å². The highest BCUT2D eigenvalue weighted by Gasteiger charge is 2.16. The lowest BCUT2D eigenvalue weighted by atomic mass is 10.1. The summed E-state index contributed by atoms with van der Waals surface area (Å²) in [6, 6.07) is -0.390. The van der Waals surface area contributed by atoms with Crippen LogP contribution in [0.1, 0.15) is 36.8 Å². The number of hydrogen-bond acceptors (Lipinski definition) is 3. The van der Waals surface area contributed by atoms with Crippen LogP contribution in [-0.4, -0.2) is 32.0 Å². The third-order valence-corrected chi connectivity index (χ3v) is 4.05. The predicted molar refractivity (Wildman–Crippen MR) is 86.0 cm³/mol. The molecule has 0 saturated carbocycles. The van der Waals surface area contributed by atoms with Gasteiger partial charge in [-0.3, -0.25) is 14.2 Å². The fourth-order valence-electron chi connectivity index (χ4n) is 2.54. The van der Waals surface area contributed by atoms with Gasteiger partial charge in [-0.15, -0.1) is 0 Å². The Bertz CT molecular complexity index is 661. The molecule has 0 bridgehead atoms. The number of aromatic nitrogens is 4. The summed E-state index contributed by atoms with van der Waals surface area (Å²) in [7, 11) is 0. The monoisotopic (exact) mass is 323 g/mol. The van der Waals surface area contributed by atoms with E-state index in [1.807, 2.05) is 11.6 Å². The fourth-order valence-corrected chi connectivity index (χ4v) is 2.69. The van der Waals surface area contributed by atoms with Crippen LogP contribution in [0.4, 0.5) is 0 Å². The van der Waals surface area contributed by atoms with Crippen molar-refractivity contribution in [3.63, 3.8) is 0 Å². The molecule has 2 heterocycles. The van der Waals surface area contributed by atoms with Gasteiger partial charge in [0.15, 0.2) is 0 Å². The van der Waals surface area contributed by atoms with E-state index in [-0.39, 0.29) is 11.9 Å². The van der Waals surface area contributed by atoms with Crippen molar-refractivity contribution in [2.75, 3.05) is 6.54 Å². The Morgan fingerprint density at radius 1 is 1.45 bits per heavy atom. The molecule has 0 aromatic carbocycles. The number of nitrogens with zero attached hydrogens (tertiary/aromatic N) is 4. The minimum Gasteiger partial charge on any atom is -0.352 e. The molecular formula is C15H22ClN5O. The average molecular weight is 324 g/mol. The van der Waals surface area contributed by atoms with Gasteiger partial charge in [-0.1, -0.05) is 18.5 Å². The number of hydrogen-bond donors (Lipinski definition) is 1. The standard InChI is InChI=1S/C15H22ClN5O/c1-5-14-10(2)19-20(11(14)3)7-6-17-15(22)12(4)21-9-13(16)8-18-21/h8-9,12H,5-7H2,1-4H3,(H,17,22)/t12-/m1/s1. The Hall–Kier alpha value is -1.82. The highest BCUT2D eigenvalue weighted by Crippen LogP contribution is 2.13. The van der Waals surface area contributed by atoms with Crippen LogP contribution in [0.15, 0.2) is 12.4 Å². The van der Waals surface area contributed by atoms with Crippen LogP contribution in [0.25, 0.3) is 0 Å². The number of rotatable bonds is 6. The number of amides is 1. The van der Waals surface area contributed by atoms with Crippen molar-refractivity contribution in [3.8, 4) is 0 Å². The van der Waals surface area contributed by atoms with Crippen molar-refractivity contribution < 1.29 is 4.79 Å². The third-order valence-electron chi connectivity index (χ3n) is 3.85. The van der Waals surface area contributed by atoms with E-state index < -0.39 is 0 Å². The molecular weight excluding hydrogens is 302 g/mol. The van der Waals surface area contributed by atoms with Gasteiger partial charge < -0.3 is 5.32 Å². The Kier molecular flexibility index (Phi) is 5.24. The van der Waals surface area contributed by atoms with Crippen molar-refractivity contribution in [1.82, 2.24) is 24.9 Å². The van der Waals surface area contributed by atoms with Gasteiger partial charge in [0.05, 0.1) is 23.5 Å². The zero-order valence-corrected chi connectivity index (χ0v) is 14.2. The molecule has 1 amide bonds. The van der Waals surface area contributed by atoms with Crippen LogP contribution in [0.3, 0.4) is 0 Å². The highest BCUT2D eigenvalue weighted by atomic mass is 35.5. The van der Waals surface area contributed by atoms with E-state index >= 15 is 0 Å². The molecule has 22 heavy (non-hydrogen) atoms. The quantitative estimate of drug-likeness (QED) is 0.887. The van der Waals surface area contributed by atoms with Crippen LogP contribution in [0.2, 0.25) is 5.02 Å². The van der Waals surface area contributed by atoms with Crippen molar-refractivity contribution in [1.29, 1.82) is 0 Å². The molecule has 2 rings (SSSR count). The van der Waals surface area contributed by atoms with E-state index in [9.17, 15) is 4.79 Å². The first-order valence-electron chi connectivity index (χ1n) is 7.44. The van der Waals surface area contributed by atoms with Gasteiger partial charge in [0, 0.05) is 18.4 Å². The second-order valence-electron chi connectivity index (χ2n) is 5.33. The number of halogens is 1. The Morgan fingerprint density at radius 2 is 2.18 bits per heavy atom. The Labute approximate surface area is 135 Å². The molecule has 2 aromatic heterocycles. The molecule has 0 unspecified atom stereocenters. The molecule has 1 N–H and O–H groups in total. The second kappa shape index (κ2) is 6.96. The molecule has 1 atom stereocenters. The van der Waals surface area contributed by atoms with Crippen LogP contribution in [-0.2, 0) is 17.8 Å². The number of aryl methyl sites for hydroxylation is 1. The zero-order chi connectivity index (χ0) is 16.3. The smallest absolute Gasteiger partial charge is 0.244 e. The molecule has 120 valence electrons. The van der Waals surface area contributed by atoms with Crippen molar-refractivity contribution in [2.24, 2.45) is 0 Å². The van der Waals surface area contributed by atoms with E-state index in [1.165, 1.54) is 17.5 Å². The summed E-state index contributed by atoms with van der Waals surface area (Å²) in [6.45, 7) is 9.19. The summed E-state index contributed by atoms with van der Waals surface area (Å²) in [5.74, 6) is -0.0861. The second-order valence-corrected chi connectivity index (χ2v) is 5.77. The van der Waals surface area contributed by atoms with E-state index in [4.69, 9.17) is 11.6 Å². The van der Waals surface area contributed by atoms with E-state index in [1.54, 1.807) is 17.8 Å². The molecule has 0 fully saturated rings.